The van der Waals surface area contributed by atoms with Crippen LogP contribution in [0, 0.1) is 0 Å². The van der Waals surface area contributed by atoms with Gasteiger partial charge in [0.1, 0.15) is 5.01 Å². The number of methoxy groups -OCH3 is 1. The smallest absolute Gasteiger partial charge is 0.286 e. The Morgan fingerprint density at radius 2 is 2.20 bits per heavy atom. The van der Waals surface area contributed by atoms with Gasteiger partial charge in [-0.05, 0) is 18.2 Å². The van der Waals surface area contributed by atoms with Crippen molar-refractivity contribution in [3.8, 4) is 0 Å². The van der Waals surface area contributed by atoms with Crippen LogP contribution >= 0.6 is 34.7 Å². The fraction of sp³-hybridized carbons (Fsp3) is 0.333. The van der Waals surface area contributed by atoms with E-state index < -0.39 is 0 Å². The van der Waals surface area contributed by atoms with E-state index >= 15 is 0 Å². The number of aromatic nitrogens is 2. The lowest BCUT2D eigenvalue weighted by molar-refractivity contribution is -0.118. The molecular weight excluding hydrogens is 384 g/mol. The lowest BCUT2D eigenvalue weighted by atomic mass is 10.3. The molecule has 25 heavy (non-hydrogen) atoms. The van der Waals surface area contributed by atoms with Crippen LogP contribution in [0.15, 0.2) is 24.3 Å². The van der Waals surface area contributed by atoms with Gasteiger partial charge in [0.05, 0.1) is 12.4 Å². The van der Waals surface area contributed by atoms with E-state index in [0.717, 1.165) is 0 Å². The first-order valence-corrected chi connectivity index (χ1v) is 9.66. The molecule has 0 aliphatic heterocycles. The lowest BCUT2D eigenvalue weighted by Crippen LogP contribution is -2.28. The number of thioether (sulfide) groups is 1. The minimum Gasteiger partial charge on any atom is -0.383 e. The summed E-state index contributed by atoms with van der Waals surface area (Å²) in [6, 6.07) is 6.87. The summed E-state index contributed by atoms with van der Waals surface area (Å²) in [7, 11) is 1.58. The number of carbonyl (C=O) groups is 2. The van der Waals surface area contributed by atoms with Crippen molar-refractivity contribution in [3.05, 3.63) is 39.3 Å². The summed E-state index contributed by atoms with van der Waals surface area (Å²) in [6.07, 6.45) is 0. The molecule has 134 valence electrons. The van der Waals surface area contributed by atoms with Gasteiger partial charge in [0.2, 0.25) is 10.9 Å². The molecule has 2 N–H and O–H groups in total. The zero-order valence-electron chi connectivity index (χ0n) is 13.5. The maximum Gasteiger partial charge on any atom is 0.286 e. The van der Waals surface area contributed by atoms with Crippen LogP contribution in [0.1, 0.15) is 14.8 Å². The molecule has 7 nitrogen and oxygen atoms in total. The Hall–Kier alpha value is -1.68. The SMILES string of the molecule is COCCNC(=O)CSCc1nnc(C(=O)Nc2cccc(Cl)c2)s1. The van der Waals surface area contributed by atoms with Gasteiger partial charge >= 0.3 is 0 Å². The molecule has 0 atom stereocenters. The Labute approximate surface area is 158 Å². The summed E-state index contributed by atoms with van der Waals surface area (Å²) in [5, 5.41) is 14.8. The van der Waals surface area contributed by atoms with Crippen LogP contribution in [-0.4, -0.2) is 48.0 Å². The predicted molar refractivity (Wildman–Crippen MR) is 100 cm³/mol. The number of hydrogen-bond donors (Lipinski definition) is 2. The zero-order chi connectivity index (χ0) is 18.1. The van der Waals surface area contributed by atoms with Crippen LogP contribution in [0.5, 0.6) is 0 Å². The van der Waals surface area contributed by atoms with Crippen molar-refractivity contribution < 1.29 is 14.3 Å². The highest BCUT2D eigenvalue weighted by atomic mass is 35.5. The molecule has 0 radical (unpaired) electrons. The van der Waals surface area contributed by atoms with E-state index in [1.807, 2.05) is 0 Å². The Bertz CT molecular complexity index is 726. The predicted octanol–water partition coefficient (Wildman–Crippen LogP) is 2.44. The first-order valence-electron chi connectivity index (χ1n) is 7.31. The normalized spacial score (nSPS) is 10.5. The van der Waals surface area contributed by atoms with Gasteiger partial charge in [-0.3, -0.25) is 9.59 Å². The van der Waals surface area contributed by atoms with Gasteiger partial charge < -0.3 is 15.4 Å². The number of nitrogens with zero attached hydrogens (tertiary/aromatic N) is 2. The number of halogens is 1. The second-order valence-electron chi connectivity index (χ2n) is 4.80. The third-order valence-corrected chi connectivity index (χ3v) is 5.11. The van der Waals surface area contributed by atoms with Crippen molar-refractivity contribution >= 4 is 52.2 Å². The van der Waals surface area contributed by atoms with Crippen LogP contribution < -0.4 is 10.6 Å². The molecule has 0 saturated carbocycles. The van der Waals surface area contributed by atoms with Gasteiger partial charge in [0.15, 0.2) is 0 Å². The molecule has 0 aliphatic rings. The molecule has 2 aromatic rings. The van der Waals surface area contributed by atoms with Gasteiger partial charge in [-0.15, -0.1) is 22.0 Å². The third kappa shape index (κ3) is 6.99. The molecule has 0 spiro atoms. The minimum atomic E-state index is -0.340. The molecule has 0 unspecified atom stereocenters. The molecule has 10 heteroatoms. The highest BCUT2D eigenvalue weighted by Crippen LogP contribution is 2.19. The highest BCUT2D eigenvalue weighted by molar-refractivity contribution is 7.99. The number of carbonyl (C=O) groups excluding carboxylic acids is 2. The first kappa shape index (κ1) is 19.6. The van der Waals surface area contributed by atoms with Gasteiger partial charge in [0, 0.05) is 30.1 Å². The van der Waals surface area contributed by atoms with E-state index in [4.69, 9.17) is 16.3 Å². The molecule has 1 heterocycles. The summed E-state index contributed by atoms with van der Waals surface area (Å²) in [5.74, 6) is 0.423. The maximum absolute atomic E-state index is 12.1. The number of anilines is 1. The van der Waals surface area contributed by atoms with Gasteiger partial charge in [-0.2, -0.15) is 0 Å². The van der Waals surface area contributed by atoms with Crippen molar-refractivity contribution in [2.24, 2.45) is 0 Å². The van der Waals surface area contributed by atoms with Crippen molar-refractivity contribution in [2.45, 2.75) is 5.75 Å². The van der Waals surface area contributed by atoms with E-state index in [0.29, 0.717) is 40.4 Å². The molecule has 2 rings (SSSR count). The largest absolute Gasteiger partial charge is 0.383 e. The summed E-state index contributed by atoms with van der Waals surface area (Å²) in [6.45, 7) is 0.973. The van der Waals surface area contributed by atoms with E-state index in [1.54, 1.807) is 31.4 Å². The highest BCUT2D eigenvalue weighted by Gasteiger charge is 2.13. The van der Waals surface area contributed by atoms with Crippen LogP contribution in [0.4, 0.5) is 5.69 Å². The van der Waals surface area contributed by atoms with Gasteiger partial charge in [-0.25, -0.2) is 0 Å². The molecule has 0 saturated heterocycles. The summed E-state index contributed by atoms with van der Waals surface area (Å²) >= 11 is 8.49. The average molecular weight is 401 g/mol. The summed E-state index contributed by atoms with van der Waals surface area (Å²) < 4.78 is 4.86. The maximum atomic E-state index is 12.1. The standard InChI is InChI=1S/C15H17ClN4O3S2/c1-23-6-5-17-12(21)8-24-9-13-19-20-15(25-13)14(22)18-11-4-2-3-10(16)7-11/h2-4,7H,5-6,8-9H2,1H3,(H,17,21)(H,18,22). The average Bonchev–Trinajstić information content (AvgIpc) is 3.04. The first-order chi connectivity index (χ1) is 12.1. The topological polar surface area (TPSA) is 93.2 Å². The van der Waals surface area contributed by atoms with Crippen LogP contribution in [0.2, 0.25) is 5.02 Å². The molecule has 1 aromatic carbocycles. The molecular formula is C15H17ClN4O3S2. The fourth-order valence-corrected chi connectivity index (χ4v) is 3.56. The van der Waals surface area contributed by atoms with Crippen molar-refractivity contribution in [1.82, 2.24) is 15.5 Å². The Kier molecular flexibility index (Phi) is 8.13. The number of ether oxygens (including phenoxy) is 1. The fourth-order valence-electron chi connectivity index (χ4n) is 1.73. The van der Waals surface area contributed by atoms with Crippen LogP contribution in [0.25, 0.3) is 0 Å². The molecule has 1 aromatic heterocycles. The quantitative estimate of drug-likeness (QED) is 0.628. The number of amides is 2. The van der Waals surface area contributed by atoms with Crippen LogP contribution in [0.3, 0.4) is 0 Å². The van der Waals surface area contributed by atoms with Crippen molar-refractivity contribution in [3.63, 3.8) is 0 Å². The Morgan fingerprint density at radius 3 is 2.96 bits per heavy atom. The Morgan fingerprint density at radius 1 is 1.36 bits per heavy atom. The number of rotatable bonds is 9. The summed E-state index contributed by atoms with van der Waals surface area (Å²) in [4.78, 5) is 23.7. The second kappa shape index (κ2) is 10.3. The van der Waals surface area contributed by atoms with E-state index in [1.165, 1.54) is 23.1 Å². The van der Waals surface area contributed by atoms with Crippen molar-refractivity contribution in [2.75, 3.05) is 31.3 Å². The monoisotopic (exact) mass is 400 g/mol. The Balaban J connectivity index is 1.77. The number of nitrogens with one attached hydrogen (secondary N) is 2. The molecule has 0 aliphatic carbocycles. The lowest BCUT2D eigenvalue weighted by Gasteiger charge is -2.03. The second-order valence-corrected chi connectivity index (χ2v) is 7.29. The minimum absolute atomic E-state index is 0.0644. The van der Waals surface area contributed by atoms with Gasteiger partial charge in [0.25, 0.3) is 5.91 Å². The zero-order valence-corrected chi connectivity index (χ0v) is 15.8. The molecule has 2 amide bonds. The van der Waals surface area contributed by atoms with E-state index in [-0.39, 0.29) is 16.8 Å². The van der Waals surface area contributed by atoms with Gasteiger partial charge in [-0.1, -0.05) is 29.0 Å². The van der Waals surface area contributed by atoms with E-state index in [9.17, 15) is 9.59 Å². The number of benzene rings is 1. The number of hydrogen-bond acceptors (Lipinski definition) is 7. The molecule has 0 fully saturated rings. The van der Waals surface area contributed by atoms with E-state index in [2.05, 4.69) is 20.8 Å². The van der Waals surface area contributed by atoms with Crippen molar-refractivity contribution in [1.29, 1.82) is 0 Å². The van der Waals surface area contributed by atoms with Crippen LogP contribution in [-0.2, 0) is 15.3 Å². The summed E-state index contributed by atoms with van der Waals surface area (Å²) in [5.41, 5.74) is 0.594. The molecule has 0 bridgehead atoms. The third-order valence-electron chi connectivity index (χ3n) is 2.83.